The average Bonchev–Trinajstić information content (AvgIpc) is 3.22. The van der Waals surface area contributed by atoms with Gasteiger partial charge in [-0.25, -0.2) is 8.42 Å². The predicted molar refractivity (Wildman–Crippen MR) is 222 cm³/mol. The number of hydrogen-bond acceptors (Lipinski definition) is 2. The van der Waals surface area contributed by atoms with Gasteiger partial charge in [-0.05, 0) is 47.2 Å². The number of benzene rings is 6. The molecular formula is C48H40O2S2. The van der Waals surface area contributed by atoms with E-state index in [4.69, 9.17) is 0 Å². The van der Waals surface area contributed by atoms with Crippen LogP contribution in [-0.2, 0) is 32.4 Å². The van der Waals surface area contributed by atoms with Gasteiger partial charge in [-0.3, -0.25) is 0 Å². The topological polar surface area (TPSA) is 34.1 Å². The average molecular weight is 713 g/mol. The molecular weight excluding hydrogens is 673 g/mol. The first-order valence-electron chi connectivity index (χ1n) is 17.4. The summed E-state index contributed by atoms with van der Waals surface area (Å²) in [6, 6.07) is 60.9. The monoisotopic (exact) mass is 712 g/mol. The van der Waals surface area contributed by atoms with E-state index in [0.29, 0.717) is 0 Å². The van der Waals surface area contributed by atoms with Crippen LogP contribution in [0.1, 0.15) is 47.2 Å². The lowest BCUT2D eigenvalue weighted by Crippen LogP contribution is -2.22. The SMILES string of the molecule is CC1(c2ccccc2)C=C(c2ccccc2)S(=O)C(c2ccccc2)=C1.CC1(c2ccccc2)C=C(c2ccccc2)S(=O)C(c2ccccc2)=C1. The molecule has 2 nitrogen and oxygen atoms in total. The number of allylic oxidation sites excluding steroid dienone is 4. The van der Waals surface area contributed by atoms with Crippen molar-refractivity contribution in [1.82, 2.24) is 0 Å². The molecule has 0 bridgehead atoms. The quantitative estimate of drug-likeness (QED) is 0.172. The standard InChI is InChI=1S/2C24H20OS/c2*1-24(21-15-9-4-10-16-21)17-22(19-11-5-2-6-12-19)26(25)23(18-24)20-13-7-3-8-14-20/h2*2-18H,1H3. The molecule has 2 aliphatic rings. The Morgan fingerprint density at radius 3 is 0.712 bits per heavy atom. The van der Waals surface area contributed by atoms with E-state index >= 15 is 0 Å². The molecule has 0 saturated carbocycles. The van der Waals surface area contributed by atoms with E-state index in [9.17, 15) is 8.42 Å². The fraction of sp³-hybridized carbons (Fsp3) is 0.0833. The lowest BCUT2D eigenvalue weighted by molar-refractivity contribution is 0.691. The molecule has 0 radical (unpaired) electrons. The Morgan fingerprint density at radius 1 is 0.308 bits per heavy atom. The molecule has 6 aromatic rings. The zero-order chi connectivity index (χ0) is 36.0. The van der Waals surface area contributed by atoms with Gasteiger partial charge < -0.3 is 0 Å². The van der Waals surface area contributed by atoms with E-state index < -0.39 is 21.6 Å². The van der Waals surface area contributed by atoms with Crippen molar-refractivity contribution in [1.29, 1.82) is 0 Å². The molecule has 0 unspecified atom stereocenters. The summed E-state index contributed by atoms with van der Waals surface area (Å²) >= 11 is 0. The van der Waals surface area contributed by atoms with Gasteiger partial charge in [-0.15, -0.1) is 0 Å². The summed E-state index contributed by atoms with van der Waals surface area (Å²) in [7, 11) is -2.43. The van der Waals surface area contributed by atoms with Crippen molar-refractivity contribution in [3.63, 3.8) is 0 Å². The fourth-order valence-electron chi connectivity index (χ4n) is 6.72. The van der Waals surface area contributed by atoms with Gasteiger partial charge in [0.15, 0.2) is 0 Å². The van der Waals surface area contributed by atoms with Crippen LogP contribution in [0.5, 0.6) is 0 Å². The van der Waals surface area contributed by atoms with E-state index in [1.807, 2.05) is 133 Å². The molecule has 0 amide bonds. The van der Waals surface area contributed by atoms with Crippen molar-refractivity contribution in [3.8, 4) is 0 Å². The normalized spacial score (nSPS) is 22.4. The van der Waals surface area contributed by atoms with Crippen LogP contribution < -0.4 is 0 Å². The van der Waals surface area contributed by atoms with Gasteiger partial charge in [0.1, 0.15) is 0 Å². The maximum absolute atomic E-state index is 13.4. The van der Waals surface area contributed by atoms with Crippen LogP contribution >= 0.6 is 0 Å². The molecule has 6 aromatic carbocycles. The molecule has 0 aromatic heterocycles. The van der Waals surface area contributed by atoms with Gasteiger partial charge in [0.2, 0.25) is 0 Å². The highest BCUT2D eigenvalue weighted by atomic mass is 32.2. The third-order valence-corrected chi connectivity index (χ3v) is 12.6. The summed E-state index contributed by atoms with van der Waals surface area (Å²) < 4.78 is 26.8. The first-order chi connectivity index (χ1) is 25.3. The van der Waals surface area contributed by atoms with Crippen molar-refractivity contribution < 1.29 is 8.42 Å². The zero-order valence-electron chi connectivity index (χ0n) is 29.3. The molecule has 0 saturated heterocycles. The van der Waals surface area contributed by atoms with Gasteiger partial charge in [0.05, 0.1) is 21.6 Å². The van der Waals surface area contributed by atoms with Crippen molar-refractivity contribution in [2.45, 2.75) is 24.7 Å². The molecule has 4 heteroatoms. The molecule has 0 fully saturated rings. The van der Waals surface area contributed by atoms with E-state index in [1.54, 1.807) is 0 Å². The first-order valence-corrected chi connectivity index (χ1v) is 19.7. The Bertz CT molecular complexity index is 2020. The maximum atomic E-state index is 13.4. The van der Waals surface area contributed by atoms with Crippen molar-refractivity contribution in [3.05, 3.63) is 240 Å². The fourth-order valence-corrected chi connectivity index (χ4v) is 10.0. The third-order valence-electron chi connectivity index (χ3n) is 9.55. The maximum Gasteiger partial charge on any atom is 0.0856 e. The molecule has 8 rings (SSSR count). The Morgan fingerprint density at radius 2 is 0.500 bits per heavy atom. The summed E-state index contributed by atoms with van der Waals surface area (Å²) in [5.41, 5.74) is 5.79. The third kappa shape index (κ3) is 7.45. The highest BCUT2D eigenvalue weighted by Gasteiger charge is 2.33. The molecule has 0 spiro atoms. The Balaban J connectivity index is 0.000000162. The predicted octanol–water partition coefficient (Wildman–Crippen LogP) is 11.6. The van der Waals surface area contributed by atoms with Gasteiger partial charge in [0.25, 0.3) is 0 Å². The van der Waals surface area contributed by atoms with Crippen LogP contribution in [0.3, 0.4) is 0 Å². The van der Waals surface area contributed by atoms with E-state index in [2.05, 4.69) is 86.7 Å². The Kier molecular flexibility index (Phi) is 10.4. The molecule has 256 valence electrons. The van der Waals surface area contributed by atoms with Gasteiger partial charge in [0, 0.05) is 30.5 Å². The van der Waals surface area contributed by atoms with Gasteiger partial charge >= 0.3 is 0 Å². The van der Waals surface area contributed by atoms with E-state index in [-0.39, 0.29) is 10.8 Å². The van der Waals surface area contributed by atoms with Crippen molar-refractivity contribution >= 4 is 41.2 Å². The minimum Gasteiger partial charge on any atom is -0.249 e. The molecule has 0 N–H and O–H groups in total. The Hall–Kier alpha value is -5.42. The van der Waals surface area contributed by atoms with Crippen LogP contribution in [0.25, 0.3) is 19.6 Å². The second-order valence-electron chi connectivity index (χ2n) is 13.3. The van der Waals surface area contributed by atoms with Gasteiger partial charge in [-0.1, -0.05) is 206 Å². The first kappa shape index (κ1) is 35.0. The minimum atomic E-state index is -1.22. The lowest BCUT2D eigenvalue weighted by Gasteiger charge is -2.30. The van der Waals surface area contributed by atoms with Crippen LogP contribution in [0.4, 0.5) is 0 Å². The second-order valence-corrected chi connectivity index (χ2v) is 16.2. The van der Waals surface area contributed by atoms with Crippen molar-refractivity contribution in [2.75, 3.05) is 0 Å². The molecule has 52 heavy (non-hydrogen) atoms. The van der Waals surface area contributed by atoms with E-state index in [0.717, 1.165) is 41.9 Å². The van der Waals surface area contributed by atoms with Gasteiger partial charge in [-0.2, -0.15) is 0 Å². The lowest BCUT2D eigenvalue weighted by atomic mass is 9.80. The number of hydrogen-bond donors (Lipinski definition) is 0. The molecule has 2 heterocycles. The highest BCUT2D eigenvalue weighted by Crippen LogP contribution is 2.44. The summed E-state index contributed by atoms with van der Waals surface area (Å²) in [6.45, 7) is 4.37. The van der Waals surface area contributed by atoms with Crippen LogP contribution in [-0.4, -0.2) is 8.42 Å². The zero-order valence-corrected chi connectivity index (χ0v) is 30.9. The van der Waals surface area contributed by atoms with E-state index in [1.165, 1.54) is 11.1 Å². The smallest absolute Gasteiger partial charge is 0.0856 e. The largest absolute Gasteiger partial charge is 0.249 e. The number of rotatable bonds is 6. The highest BCUT2D eigenvalue weighted by molar-refractivity contribution is 8.03. The molecule has 0 aliphatic carbocycles. The van der Waals surface area contributed by atoms with Crippen LogP contribution in [0, 0.1) is 0 Å². The molecule has 2 aliphatic heterocycles. The van der Waals surface area contributed by atoms with Crippen LogP contribution in [0.15, 0.2) is 206 Å². The van der Waals surface area contributed by atoms with Crippen molar-refractivity contribution in [2.24, 2.45) is 0 Å². The minimum absolute atomic E-state index is 0.314. The summed E-state index contributed by atoms with van der Waals surface area (Å²) in [5.74, 6) is 0. The summed E-state index contributed by atoms with van der Waals surface area (Å²) in [6.07, 6.45) is 8.61. The Labute approximate surface area is 312 Å². The second kappa shape index (κ2) is 15.4. The summed E-state index contributed by atoms with van der Waals surface area (Å²) in [4.78, 5) is 3.49. The van der Waals surface area contributed by atoms with Crippen LogP contribution in [0.2, 0.25) is 0 Å². The summed E-state index contributed by atoms with van der Waals surface area (Å²) in [5, 5.41) is 0. The molecule has 0 atom stereocenters.